The van der Waals surface area contributed by atoms with Crippen LogP contribution in [0, 0.1) is 5.92 Å². The molecule has 0 aromatic rings. The van der Waals surface area contributed by atoms with Gasteiger partial charge in [-0.05, 0) is 6.92 Å². The molecule has 7 heteroatoms. The number of hydrogen-bond acceptors (Lipinski definition) is 6. The Bertz CT molecular complexity index is 327. The Kier molecular flexibility index (Phi) is 2.94. The molecule has 6 unspecified atom stereocenters. The van der Waals surface area contributed by atoms with Crippen LogP contribution in [0.3, 0.4) is 0 Å². The smallest absolute Gasteiger partial charge is 0.216 e. The highest BCUT2D eigenvalue weighted by molar-refractivity contribution is 5.68. The van der Waals surface area contributed by atoms with E-state index in [0.29, 0.717) is 12.8 Å². The summed E-state index contributed by atoms with van der Waals surface area (Å²) in [6.07, 6.45) is -3.59. The van der Waals surface area contributed by atoms with Gasteiger partial charge in [0.1, 0.15) is 23.9 Å². The quantitative estimate of drug-likeness (QED) is 0.372. The van der Waals surface area contributed by atoms with Crippen molar-refractivity contribution in [2.24, 2.45) is 5.92 Å². The zero-order chi connectivity index (χ0) is 12.8. The van der Waals surface area contributed by atoms with Crippen molar-refractivity contribution in [1.82, 2.24) is 4.90 Å². The number of ether oxygens (including phenoxy) is 1. The molecule has 2 fully saturated rings. The summed E-state index contributed by atoms with van der Waals surface area (Å²) in [5, 5.41) is 29.1. The standard InChI is InChI=1S/C10H15NO6/c1-10-5(2-11(3-12)4-13)6(14)7(15)8(16)9(10)17-10/h3-9,14-16H,2H2,1H3. The number of carbonyl (C=O) groups excluding carboxylic acids is 2. The van der Waals surface area contributed by atoms with Crippen molar-refractivity contribution in [3.63, 3.8) is 0 Å². The number of carbonyl (C=O) groups is 2. The summed E-state index contributed by atoms with van der Waals surface area (Å²) in [4.78, 5) is 21.9. The number of imide groups is 1. The number of epoxide rings is 1. The van der Waals surface area contributed by atoms with E-state index in [0.717, 1.165) is 4.90 Å². The van der Waals surface area contributed by atoms with Gasteiger partial charge < -0.3 is 20.1 Å². The van der Waals surface area contributed by atoms with Gasteiger partial charge in [0.25, 0.3) is 0 Å². The van der Waals surface area contributed by atoms with Gasteiger partial charge >= 0.3 is 0 Å². The van der Waals surface area contributed by atoms with Gasteiger partial charge in [0.2, 0.25) is 12.8 Å². The van der Waals surface area contributed by atoms with E-state index >= 15 is 0 Å². The summed E-state index contributed by atoms with van der Waals surface area (Å²) >= 11 is 0. The Morgan fingerprint density at radius 3 is 2.29 bits per heavy atom. The molecule has 1 aliphatic carbocycles. The van der Waals surface area contributed by atoms with Crippen LogP contribution in [0.4, 0.5) is 0 Å². The van der Waals surface area contributed by atoms with Crippen LogP contribution < -0.4 is 0 Å². The molecule has 0 spiro atoms. The minimum atomic E-state index is -1.33. The highest BCUT2D eigenvalue weighted by Gasteiger charge is 2.68. The average Bonchev–Trinajstić information content (AvgIpc) is 3.00. The Labute approximate surface area is 97.6 Å². The molecule has 17 heavy (non-hydrogen) atoms. The monoisotopic (exact) mass is 245 g/mol. The predicted molar refractivity (Wildman–Crippen MR) is 53.6 cm³/mol. The number of fused-ring (bicyclic) bond motifs is 1. The number of rotatable bonds is 4. The van der Waals surface area contributed by atoms with E-state index in [4.69, 9.17) is 4.74 Å². The second-order valence-corrected chi connectivity index (χ2v) is 4.71. The lowest BCUT2D eigenvalue weighted by Gasteiger charge is -2.37. The molecule has 2 amide bonds. The summed E-state index contributed by atoms with van der Waals surface area (Å²) in [6, 6.07) is 0. The van der Waals surface area contributed by atoms with Crippen molar-refractivity contribution in [3.05, 3.63) is 0 Å². The van der Waals surface area contributed by atoms with Gasteiger partial charge in [-0.2, -0.15) is 0 Å². The SMILES string of the molecule is CC12OC1C(O)C(O)C(O)C2CN(C=O)C=O. The minimum absolute atomic E-state index is 0.0506. The fraction of sp³-hybridized carbons (Fsp3) is 0.800. The fourth-order valence-electron chi connectivity index (χ4n) is 2.53. The number of aliphatic hydroxyl groups is 3. The van der Waals surface area contributed by atoms with E-state index in [2.05, 4.69) is 0 Å². The third-order valence-electron chi connectivity index (χ3n) is 3.73. The van der Waals surface area contributed by atoms with E-state index in [1.54, 1.807) is 6.92 Å². The lowest BCUT2D eigenvalue weighted by molar-refractivity contribution is -0.135. The number of amides is 2. The van der Waals surface area contributed by atoms with Crippen molar-refractivity contribution in [2.75, 3.05) is 6.54 Å². The zero-order valence-electron chi connectivity index (χ0n) is 9.26. The van der Waals surface area contributed by atoms with E-state index in [1.807, 2.05) is 0 Å². The largest absolute Gasteiger partial charge is 0.390 e. The lowest BCUT2D eigenvalue weighted by atomic mass is 9.75. The maximum atomic E-state index is 10.5. The van der Waals surface area contributed by atoms with E-state index in [-0.39, 0.29) is 6.54 Å². The number of nitrogens with zero attached hydrogens (tertiary/aromatic N) is 1. The second kappa shape index (κ2) is 4.02. The zero-order valence-corrected chi connectivity index (χ0v) is 9.26. The molecule has 0 bridgehead atoms. The molecule has 0 aromatic heterocycles. The van der Waals surface area contributed by atoms with Gasteiger partial charge in [-0.25, -0.2) is 0 Å². The summed E-state index contributed by atoms with van der Waals surface area (Å²) in [6.45, 7) is 1.62. The Balaban J connectivity index is 2.15. The Morgan fingerprint density at radius 1 is 1.18 bits per heavy atom. The Hall–Kier alpha value is -1.02. The highest BCUT2D eigenvalue weighted by atomic mass is 16.6. The van der Waals surface area contributed by atoms with Crippen LogP contribution in [0.15, 0.2) is 0 Å². The van der Waals surface area contributed by atoms with Gasteiger partial charge in [-0.15, -0.1) is 0 Å². The number of hydrogen-bond donors (Lipinski definition) is 3. The third kappa shape index (κ3) is 1.75. The van der Waals surface area contributed by atoms with Gasteiger partial charge in [-0.1, -0.05) is 0 Å². The van der Waals surface area contributed by atoms with Crippen molar-refractivity contribution >= 4 is 12.8 Å². The van der Waals surface area contributed by atoms with Crippen LogP contribution in [0.2, 0.25) is 0 Å². The molecule has 2 aliphatic rings. The summed E-state index contributed by atoms with van der Waals surface area (Å²) in [7, 11) is 0. The van der Waals surface area contributed by atoms with E-state index in [9.17, 15) is 24.9 Å². The molecule has 7 nitrogen and oxygen atoms in total. The third-order valence-corrected chi connectivity index (χ3v) is 3.73. The summed E-state index contributed by atoms with van der Waals surface area (Å²) < 4.78 is 5.29. The first-order chi connectivity index (χ1) is 7.95. The minimum Gasteiger partial charge on any atom is -0.390 e. The van der Waals surface area contributed by atoms with Crippen LogP contribution in [0.5, 0.6) is 0 Å². The molecule has 96 valence electrons. The normalized spacial score (nSPS) is 48.1. The van der Waals surface area contributed by atoms with E-state index in [1.165, 1.54) is 0 Å². The molecule has 0 aromatic carbocycles. The maximum Gasteiger partial charge on any atom is 0.216 e. The summed E-state index contributed by atoms with van der Waals surface area (Å²) in [5.74, 6) is -0.610. The molecule has 1 heterocycles. The highest BCUT2D eigenvalue weighted by Crippen LogP contribution is 2.51. The van der Waals surface area contributed by atoms with Crippen LogP contribution >= 0.6 is 0 Å². The van der Waals surface area contributed by atoms with Gasteiger partial charge in [-0.3, -0.25) is 14.5 Å². The molecule has 1 saturated carbocycles. The first kappa shape index (κ1) is 12.4. The van der Waals surface area contributed by atoms with Gasteiger partial charge in [0.15, 0.2) is 0 Å². The molecular weight excluding hydrogens is 230 g/mol. The van der Waals surface area contributed by atoms with Gasteiger partial charge in [0, 0.05) is 12.5 Å². The maximum absolute atomic E-state index is 10.5. The molecule has 0 radical (unpaired) electrons. The van der Waals surface area contributed by atoms with Crippen molar-refractivity contribution in [1.29, 1.82) is 0 Å². The van der Waals surface area contributed by atoms with Gasteiger partial charge in [0.05, 0.1) is 6.10 Å². The first-order valence-corrected chi connectivity index (χ1v) is 5.34. The van der Waals surface area contributed by atoms with Crippen LogP contribution in [0.25, 0.3) is 0 Å². The molecule has 6 atom stereocenters. The van der Waals surface area contributed by atoms with Crippen LogP contribution in [0.1, 0.15) is 6.92 Å². The van der Waals surface area contributed by atoms with Crippen LogP contribution in [-0.2, 0) is 14.3 Å². The fourth-order valence-corrected chi connectivity index (χ4v) is 2.53. The second-order valence-electron chi connectivity index (χ2n) is 4.71. The molecular formula is C10H15NO6. The molecule has 1 saturated heterocycles. The molecule has 1 aliphatic heterocycles. The molecule has 2 rings (SSSR count). The summed E-state index contributed by atoms with van der Waals surface area (Å²) in [5.41, 5.74) is -0.803. The number of aliphatic hydroxyl groups excluding tert-OH is 3. The molecule has 3 N–H and O–H groups in total. The average molecular weight is 245 g/mol. The van der Waals surface area contributed by atoms with Crippen molar-refractivity contribution in [3.8, 4) is 0 Å². The first-order valence-electron chi connectivity index (χ1n) is 5.34. The predicted octanol–water partition coefficient (Wildman–Crippen LogP) is -2.53. The van der Waals surface area contributed by atoms with Crippen LogP contribution in [-0.4, -0.2) is 69.6 Å². The van der Waals surface area contributed by atoms with E-state index < -0.39 is 35.9 Å². The topological polar surface area (TPSA) is 111 Å². The van der Waals surface area contributed by atoms with Crippen molar-refractivity contribution < 1.29 is 29.6 Å². The lowest BCUT2D eigenvalue weighted by Crippen LogP contribution is -2.57. The van der Waals surface area contributed by atoms with Crippen molar-refractivity contribution in [2.45, 2.75) is 36.9 Å². The Morgan fingerprint density at radius 2 is 1.76 bits per heavy atom.